The Morgan fingerprint density at radius 3 is 2.62 bits per heavy atom. The minimum absolute atomic E-state index is 0.0156. The van der Waals surface area contributed by atoms with Crippen LogP contribution in [0.25, 0.3) is 0 Å². The van der Waals surface area contributed by atoms with Crippen molar-refractivity contribution < 1.29 is 14.3 Å². The molecule has 0 unspecified atom stereocenters. The van der Waals surface area contributed by atoms with Crippen LogP contribution >= 0.6 is 0 Å². The first kappa shape index (κ1) is 18.0. The Labute approximate surface area is 143 Å². The molecule has 0 aliphatic heterocycles. The standard InChI is InChI=1S/C20H25NO3/c1-20(2,17-7-5-4-6-8-17)11-12-24-19(22)10-9-16-13-18(23-3)15-21-14-16/h4-8,13-15H,9-12H2,1-3H3. The van der Waals surface area contributed by atoms with E-state index in [0.717, 1.165) is 12.0 Å². The summed E-state index contributed by atoms with van der Waals surface area (Å²) < 4.78 is 10.5. The van der Waals surface area contributed by atoms with E-state index in [1.807, 2.05) is 24.3 Å². The summed E-state index contributed by atoms with van der Waals surface area (Å²) in [6.45, 7) is 4.76. The fourth-order valence-electron chi connectivity index (χ4n) is 2.48. The predicted octanol–water partition coefficient (Wildman–Crippen LogP) is 3.93. The van der Waals surface area contributed by atoms with Crippen LogP contribution in [-0.4, -0.2) is 24.7 Å². The number of methoxy groups -OCH3 is 1. The van der Waals surface area contributed by atoms with E-state index in [-0.39, 0.29) is 11.4 Å². The molecule has 0 atom stereocenters. The summed E-state index contributed by atoms with van der Waals surface area (Å²) >= 11 is 0. The van der Waals surface area contributed by atoms with Gasteiger partial charge in [-0.15, -0.1) is 0 Å². The number of esters is 1. The first-order valence-electron chi connectivity index (χ1n) is 8.20. The molecule has 0 saturated carbocycles. The van der Waals surface area contributed by atoms with Crippen LogP contribution < -0.4 is 4.74 Å². The summed E-state index contributed by atoms with van der Waals surface area (Å²) in [5, 5.41) is 0. The maximum Gasteiger partial charge on any atom is 0.306 e. The molecule has 0 saturated heterocycles. The highest BCUT2D eigenvalue weighted by Gasteiger charge is 2.20. The van der Waals surface area contributed by atoms with Crippen LogP contribution in [0, 0.1) is 0 Å². The van der Waals surface area contributed by atoms with E-state index in [2.05, 4.69) is 31.0 Å². The van der Waals surface area contributed by atoms with Gasteiger partial charge in [0.1, 0.15) is 5.75 Å². The number of carbonyl (C=O) groups excluding carboxylic acids is 1. The molecular formula is C20H25NO3. The van der Waals surface area contributed by atoms with Crippen LogP contribution in [0.5, 0.6) is 5.75 Å². The van der Waals surface area contributed by atoms with Crippen molar-refractivity contribution in [2.45, 2.75) is 38.5 Å². The molecule has 0 N–H and O–H groups in total. The van der Waals surface area contributed by atoms with Crippen LogP contribution in [0.15, 0.2) is 48.8 Å². The number of carbonyl (C=O) groups is 1. The van der Waals surface area contributed by atoms with Crippen molar-refractivity contribution in [1.29, 1.82) is 0 Å². The van der Waals surface area contributed by atoms with Gasteiger partial charge in [0.2, 0.25) is 0 Å². The van der Waals surface area contributed by atoms with E-state index >= 15 is 0 Å². The number of benzene rings is 1. The molecule has 0 fully saturated rings. The van der Waals surface area contributed by atoms with Crippen molar-refractivity contribution in [3.8, 4) is 5.75 Å². The van der Waals surface area contributed by atoms with E-state index in [1.54, 1.807) is 19.5 Å². The van der Waals surface area contributed by atoms with E-state index < -0.39 is 0 Å². The van der Waals surface area contributed by atoms with Crippen LogP contribution in [0.1, 0.15) is 37.8 Å². The Balaban J connectivity index is 1.75. The van der Waals surface area contributed by atoms with Gasteiger partial charge in [0, 0.05) is 12.6 Å². The van der Waals surface area contributed by atoms with E-state index in [4.69, 9.17) is 9.47 Å². The third-order valence-electron chi connectivity index (χ3n) is 4.17. The predicted molar refractivity (Wildman–Crippen MR) is 94.2 cm³/mol. The first-order valence-corrected chi connectivity index (χ1v) is 8.20. The van der Waals surface area contributed by atoms with Gasteiger partial charge in [0.15, 0.2) is 0 Å². The monoisotopic (exact) mass is 327 g/mol. The van der Waals surface area contributed by atoms with E-state index in [1.165, 1.54) is 5.56 Å². The summed E-state index contributed by atoms with van der Waals surface area (Å²) in [5.74, 6) is 0.521. The van der Waals surface area contributed by atoms with Gasteiger partial charge in [0.05, 0.1) is 19.9 Å². The maximum atomic E-state index is 11.9. The summed E-state index contributed by atoms with van der Waals surface area (Å²) in [6.07, 6.45) is 5.14. The minimum Gasteiger partial charge on any atom is -0.495 e. The molecule has 0 spiro atoms. The highest BCUT2D eigenvalue weighted by molar-refractivity contribution is 5.69. The maximum absolute atomic E-state index is 11.9. The molecule has 4 heteroatoms. The number of nitrogens with zero attached hydrogens (tertiary/aromatic N) is 1. The van der Waals surface area contributed by atoms with E-state index in [0.29, 0.717) is 25.2 Å². The number of pyridine rings is 1. The molecule has 2 rings (SSSR count). The lowest BCUT2D eigenvalue weighted by atomic mass is 9.82. The molecule has 0 aliphatic carbocycles. The van der Waals surface area contributed by atoms with Crippen molar-refractivity contribution in [2.75, 3.05) is 13.7 Å². The topological polar surface area (TPSA) is 48.4 Å². The van der Waals surface area contributed by atoms with Gasteiger partial charge in [-0.2, -0.15) is 0 Å². The third-order valence-corrected chi connectivity index (χ3v) is 4.17. The molecule has 0 aliphatic rings. The Morgan fingerprint density at radius 2 is 1.92 bits per heavy atom. The number of rotatable bonds is 8. The molecule has 4 nitrogen and oxygen atoms in total. The highest BCUT2D eigenvalue weighted by atomic mass is 16.5. The molecule has 0 bridgehead atoms. The molecule has 128 valence electrons. The molecule has 2 aromatic rings. The largest absolute Gasteiger partial charge is 0.495 e. The third kappa shape index (κ3) is 5.37. The molecule has 0 amide bonds. The highest BCUT2D eigenvalue weighted by Crippen LogP contribution is 2.26. The van der Waals surface area contributed by atoms with Crippen molar-refractivity contribution in [2.24, 2.45) is 0 Å². The molecule has 0 radical (unpaired) electrons. The van der Waals surface area contributed by atoms with Crippen molar-refractivity contribution in [1.82, 2.24) is 4.98 Å². The molecule has 1 aromatic heterocycles. The van der Waals surface area contributed by atoms with Gasteiger partial charge in [0.25, 0.3) is 0 Å². The summed E-state index contributed by atoms with van der Waals surface area (Å²) in [7, 11) is 1.60. The quantitative estimate of drug-likeness (QED) is 0.689. The molecule has 1 aromatic carbocycles. The number of hydrogen-bond acceptors (Lipinski definition) is 4. The van der Waals surface area contributed by atoms with Gasteiger partial charge >= 0.3 is 5.97 Å². The second kappa shape index (κ2) is 8.48. The Kier molecular flexibility index (Phi) is 6.36. The summed E-state index contributed by atoms with van der Waals surface area (Å²) in [6, 6.07) is 12.2. The second-order valence-corrected chi connectivity index (χ2v) is 6.45. The first-order chi connectivity index (χ1) is 11.5. The van der Waals surface area contributed by atoms with Crippen LogP contribution in [0.4, 0.5) is 0 Å². The lowest BCUT2D eigenvalue weighted by Crippen LogP contribution is -2.21. The zero-order chi connectivity index (χ0) is 17.4. The van der Waals surface area contributed by atoms with Crippen LogP contribution in [-0.2, 0) is 21.4 Å². The number of aromatic nitrogens is 1. The number of aryl methyl sites for hydroxylation is 1. The molecule has 1 heterocycles. The van der Waals surface area contributed by atoms with Crippen LogP contribution in [0.3, 0.4) is 0 Å². The second-order valence-electron chi connectivity index (χ2n) is 6.45. The smallest absolute Gasteiger partial charge is 0.306 e. The lowest BCUT2D eigenvalue weighted by Gasteiger charge is -2.25. The fourth-order valence-corrected chi connectivity index (χ4v) is 2.48. The summed E-state index contributed by atoms with van der Waals surface area (Å²) in [4.78, 5) is 16.0. The minimum atomic E-state index is -0.179. The average molecular weight is 327 g/mol. The Hall–Kier alpha value is -2.36. The van der Waals surface area contributed by atoms with Crippen molar-refractivity contribution >= 4 is 5.97 Å². The Morgan fingerprint density at radius 1 is 1.17 bits per heavy atom. The number of ether oxygens (including phenoxy) is 2. The lowest BCUT2D eigenvalue weighted by molar-refractivity contribution is -0.144. The Bertz CT molecular complexity index is 653. The molecular weight excluding hydrogens is 302 g/mol. The van der Waals surface area contributed by atoms with Gasteiger partial charge in [-0.1, -0.05) is 44.2 Å². The fraction of sp³-hybridized carbons (Fsp3) is 0.400. The number of hydrogen-bond donors (Lipinski definition) is 0. The van der Waals surface area contributed by atoms with Gasteiger partial charge in [-0.25, -0.2) is 0 Å². The average Bonchev–Trinajstić information content (AvgIpc) is 2.61. The van der Waals surface area contributed by atoms with Gasteiger partial charge in [-0.05, 0) is 35.4 Å². The van der Waals surface area contributed by atoms with Gasteiger partial charge in [-0.3, -0.25) is 9.78 Å². The zero-order valence-corrected chi connectivity index (χ0v) is 14.6. The zero-order valence-electron chi connectivity index (χ0n) is 14.6. The van der Waals surface area contributed by atoms with E-state index in [9.17, 15) is 4.79 Å². The normalized spacial score (nSPS) is 11.1. The van der Waals surface area contributed by atoms with Crippen molar-refractivity contribution in [3.05, 3.63) is 59.9 Å². The van der Waals surface area contributed by atoms with Gasteiger partial charge < -0.3 is 9.47 Å². The SMILES string of the molecule is COc1cncc(CCC(=O)OCCC(C)(C)c2ccccc2)c1. The van der Waals surface area contributed by atoms with Crippen molar-refractivity contribution in [3.63, 3.8) is 0 Å². The summed E-state index contributed by atoms with van der Waals surface area (Å²) in [5.41, 5.74) is 2.21. The molecule has 24 heavy (non-hydrogen) atoms. The van der Waals surface area contributed by atoms with Crippen LogP contribution in [0.2, 0.25) is 0 Å².